The van der Waals surface area contributed by atoms with Crippen LogP contribution in [-0.4, -0.2) is 54.7 Å². The van der Waals surface area contributed by atoms with E-state index in [0.29, 0.717) is 53.7 Å². The summed E-state index contributed by atoms with van der Waals surface area (Å²) in [7, 11) is 3.14. The number of carbonyl (C=O) groups is 1. The number of nitrogens with one attached hydrogen (secondary N) is 1. The van der Waals surface area contributed by atoms with Crippen molar-refractivity contribution in [1.82, 2.24) is 14.9 Å². The average Bonchev–Trinajstić information content (AvgIpc) is 2.85. The molecule has 1 aliphatic rings. The Morgan fingerprint density at radius 1 is 1.22 bits per heavy atom. The molecule has 4 rings (SSSR count). The van der Waals surface area contributed by atoms with Crippen molar-refractivity contribution in [3.05, 3.63) is 58.7 Å². The van der Waals surface area contributed by atoms with Crippen molar-refractivity contribution in [2.24, 2.45) is 0 Å². The molecule has 1 aliphatic heterocycles. The normalized spacial score (nSPS) is 14.5. The van der Waals surface area contributed by atoms with Crippen LogP contribution in [0.25, 0.3) is 16.5 Å². The van der Waals surface area contributed by atoms with Crippen LogP contribution in [0, 0.1) is 19.7 Å². The van der Waals surface area contributed by atoms with Gasteiger partial charge in [-0.1, -0.05) is 6.08 Å². The van der Waals surface area contributed by atoms with Crippen LogP contribution in [0.4, 0.5) is 15.9 Å². The van der Waals surface area contributed by atoms with Gasteiger partial charge < -0.3 is 25.4 Å². The minimum Gasteiger partial charge on any atom is -0.496 e. The van der Waals surface area contributed by atoms with Gasteiger partial charge in [0.05, 0.1) is 18.7 Å². The van der Waals surface area contributed by atoms with Crippen molar-refractivity contribution in [2.45, 2.75) is 33.2 Å². The largest absolute Gasteiger partial charge is 0.496 e. The summed E-state index contributed by atoms with van der Waals surface area (Å²) in [5.41, 5.74) is 10.2. The number of benzene rings is 2. The first-order valence-corrected chi connectivity index (χ1v) is 11.9. The Morgan fingerprint density at radius 3 is 2.67 bits per heavy atom. The standard InChI is InChI=1S/C27H32FN5O3/c1-15-10-19(29)11-20(26(15)28)16(2)30-27-22-12-21(24(36-5)13-23(22)31-17(3)32-27)18-6-8-33(9-7-18)25(34)14-35-4/h6,10-13,16H,7-9,14,29H2,1-5H3,(H,30,31,32)/t16-/m1/s1. The second-order valence-electron chi connectivity index (χ2n) is 9.05. The van der Waals surface area contributed by atoms with Crippen LogP contribution < -0.4 is 15.8 Å². The van der Waals surface area contributed by atoms with Gasteiger partial charge in [0, 0.05) is 48.5 Å². The number of aromatic nitrogens is 2. The molecule has 2 heterocycles. The van der Waals surface area contributed by atoms with Crippen molar-refractivity contribution in [2.75, 3.05) is 45.0 Å². The van der Waals surface area contributed by atoms with E-state index >= 15 is 0 Å². The molecule has 0 aliphatic carbocycles. The van der Waals surface area contributed by atoms with Gasteiger partial charge in [-0.15, -0.1) is 0 Å². The molecule has 0 radical (unpaired) electrons. The van der Waals surface area contributed by atoms with E-state index in [9.17, 15) is 9.18 Å². The van der Waals surface area contributed by atoms with Crippen LogP contribution in [0.3, 0.4) is 0 Å². The highest BCUT2D eigenvalue weighted by Crippen LogP contribution is 2.36. The first kappa shape index (κ1) is 25.4. The van der Waals surface area contributed by atoms with Gasteiger partial charge in [0.1, 0.15) is 29.8 Å². The van der Waals surface area contributed by atoms with Crippen molar-refractivity contribution in [3.8, 4) is 5.75 Å². The van der Waals surface area contributed by atoms with Gasteiger partial charge in [0.2, 0.25) is 5.91 Å². The second kappa shape index (κ2) is 10.5. The molecule has 1 aromatic heterocycles. The van der Waals surface area contributed by atoms with Gasteiger partial charge in [0.15, 0.2) is 0 Å². The third kappa shape index (κ3) is 5.11. The molecule has 2 aromatic carbocycles. The number of hydrogen-bond acceptors (Lipinski definition) is 7. The highest BCUT2D eigenvalue weighted by atomic mass is 19.1. The maximum atomic E-state index is 14.9. The lowest BCUT2D eigenvalue weighted by molar-refractivity contribution is -0.134. The van der Waals surface area contributed by atoms with E-state index in [-0.39, 0.29) is 24.4 Å². The zero-order valence-electron chi connectivity index (χ0n) is 21.3. The van der Waals surface area contributed by atoms with E-state index in [0.717, 1.165) is 22.0 Å². The number of fused-ring (bicyclic) bond motifs is 1. The fraction of sp³-hybridized carbons (Fsp3) is 0.370. The number of nitrogens with zero attached hydrogens (tertiary/aromatic N) is 3. The first-order chi connectivity index (χ1) is 17.2. The summed E-state index contributed by atoms with van der Waals surface area (Å²) in [6.45, 7) is 6.55. The maximum Gasteiger partial charge on any atom is 0.248 e. The highest BCUT2D eigenvalue weighted by molar-refractivity contribution is 5.94. The third-order valence-electron chi connectivity index (χ3n) is 6.43. The summed E-state index contributed by atoms with van der Waals surface area (Å²) in [4.78, 5) is 23.2. The van der Waals surface area contributed by atoms with Crippen molar-refractivity contribution in [1.29, 1.82) is 0 Å². The van der Waals surface area contributed by atoms with E-state index in [1.54, 1.807) is 31.1 Å². The quantitative estimate of drug-likeness (QED) is 0.470. The molecule has 36 heavy (non-hydrogen) atoms. The van der Waals surface area contributed by atoms with Crippen LogP contribution >= 0.6 is 0 Å². The fourth-order valence-electron chi connectivity index (χ4n) is 4.58. The van der Waals surface area contributed by atoms with E-state index in [4.69, 9.17) is 15.2 Å². The lowest BCUT2D eigenvalue weighted by Crippen LogP contribution is -2.36. The molecule has 1 atom stereocenters. The topological polar surface area (TPSA) is 103 Å². The molecule has 8 nitrogen and oxygen atoms in total. The molecular weight excluding hydrogens is 461 g/mol. The molecule has 3 aromatic rings. The number of aryl methyl sites for hydroxylation is 2. The zero-order valence-corrected chi connectivity index (χ0v) is 21.3. The van der Waals surface area contributed by atoms with Crippen molar-refractivity contribution < 1.29 is 18.7 Å². The molecule has 0 unspecified atom stereocenters. The molecule has 0 saturated heterocycles. The minimum atomic E-state index is -0.385. The Bertz CT molecular complexity index is 1340. The Morgan fingerprint density at radius 2 is 2.00 bits per heavy atom. The number of hydrogen-bond donors (Lipinski definition) is 2. The van der Waals surface area contributed by atoms with Gasteiger partial charge in [-0.25, -0.2) is 14.4 Å². The summed E-state index contributed by atoms with van der Waals surface area (Å²) < 4.78 is 25.6. The van der Waals surface area contributed by atoms with Gasteiger partial charge in [-0.3, -0.25) is 4.79 Å². The van der Waals surface area contributed by atoms with Crippen LogP contribution in [0.15, 0.2) is 30.3 Å². The van der Waals surface area contributed by atoms with Crippen LogP contribution in [-0.2, 0) is 9.53 Å². The SMILES string of the molecule is COCC(=O)N1CC=C(c2cc3c(N[C@H](C)c4cc(N)cc(C)c4F)nc(C)nc3cc2OC)CC1. The van der Waals surface area contributed by atoms with Gasteiger partial charge >= 0.3 is 0 Å². The van der Waals surface area contributed by atoms with Crippen LogP contribution in [0.1, 0.15) is 41.9 Å². The Labute approximate surface area is 210 Å². The monoisotopic (exact) mass is 493 g/mol. The predicted molar refractivity (Wildman–Crippen MR) is 139 cm³/mol. The number of nitrogens with two attached hydrogens (primary N) is 1. The summed E-state index contributed by atoms with van der Waals surface area (Å²) in [6.07, 6.45) is 2.72. The zero-order chi connectivity index (χ0) is 26.0. The number of carbonyl (C=O) groups excluding carboxylic acids is 1. The molecule has 0 fully saturated rings. The number of ether oxygens (including phenoxy) is 2. The lowest BCUT2D eigenvalue weighted by atomic mass is 9.96. The smallest absolute Gasteiger partial charge is 0.248 e. The number of halogens is 1. The fourth-order valence-corrected chi connectivity index (χ4v) is 4.58. The highest BCUT2D eigenvalue weighted by Gasteiger charge is 2.22. The van der Waals surface area contributed by atoms with Crippen LogP contribution in [0.2, 0.25) is 0 Å². The number of methoxy groups -OCH3 is 2. The number of anilines is 2. The van der Waals surface area contributed by atoms with E-state index in [1.807, 2.05) is 32.1 Å². The summed E-state index contributed by atoms with van der Waals surface area (Å²) >= 11 is 0. The molecule has 0 saturated carbocycles. The van der Waals surface area contributed by atoms with Crippen LogP contribution in [0.5, 0.6) is 5.75 Å². The molecule has 9 heteroatoms. The van der Waals surface area contributed by atoms with Gasteiger partial charge in [-0.2, -0.15) is 0 Å². The number of nitrogen functional groups attached to an aromatic ring is 1. The maximum absolute atomic E-state index is 14.9. The van der Waals surface area contributed by atoms with E-state index < -0.39 is 0 Å². The summed E-state index contributed by atoms with van der Waals surface area (Å²) in [6, 6.07) is 6.78. The number of rotatable bonds is 7. The first-order valence-electron chi connectivity index (χ1n) is 11.9. The molecule has 1 amide bonds. The molecule has 3 N–H and O–H groups in total. The van der Waals surface area contributed by atoms with Gasteiger partial charge in [-0.05, 0) is 56.5 Å². The van der Waals surface area contributed by atoms with E-state index in [1.165, 1.54) is 7.11 Å². The Kier molecular flexibility index (Phi) is 7.40. The van der Waals surface area contributed by atoms with E-state index in [2.05, 4.69) is 15.3 Å². The number of amides is 1. The average molecular weight is 494 g/mol. The minimum absolute atomic E-state index is 0.0355. The Hall–Kier alpha value is -3.72. The third-order valence-corrected chi connectivity index (χ3v) is 6.43. The summed E-state index contributed by atoms with van der Waals surface area (Å²) in [5, 5.41) is 4.16. The molecule has 0 bridgehead atoms. The molecular formula is C27H32FN5O3. The van der Waals surface area contributed by atoms with Crippen molar-refractivity contribution in [3.63, 3.8) is 0 Å². The second-order valence-corrected chi connectivity index (χ2v) is 9.05. The van der Waals surface area contributed by atoms with Crippen molar-refractivity contribution >= 4 is 33.9 Å². The van der Waals surface area contributed by atoms with Gasteiger partial charge in [0.25, 0.3) is 0 Å². The Balaban J connectivity index is 1.73. The molecule has 0 spiro atoms. The lowest BCUT2D eigenvalue weighted by Gasteiger charge is -2.27. The summed E-state index contributed by atoms with van der Waals surface area (Å²) in [5.74, 6) is 1.55. The molecule has 190 valence electrons. The predicted octanol–water partition coefficient (Wildman–Crippen LogP) is 4.41.